The number of nitrogens with zero attached hydrogens (tertiary/aromatic N) is 2. The van der Waals surface area contributed by atoms with Crippen molar-refractivity contribution in [3.05, 3.63) is 87.1 Å². The number of anilines is 1. The van der Waals surface area contributed by atoms with Crippen molar-refractivity contribution in [2.24, 2.45) is 0 Å². The lowest BCUT2D eigenvalue weighted by atomic mass is 9.93. The summed E-state index contributed by atoms with van der Waals surface area (Å²) in [5.41, 5.74) is 3.03. The zero-order valence-electron chi connectivity index (χ0n) is 28.1. The Morgan fingerprint density at radius 1 is 1.02 bits per heavy atom. The topological polar surface area (TPSA) is 138 Å². The molecule has 0 bridgehead atoms. The van der Waals surface area contributed by atoms with E-state index in [1.807, 2.05) is 18.4 Å². The van der Waals surface area contributed by atoms with Crippen molar-refractivity contribution >= 4 is 67.7 Å². The molecular formula is C37H35BrN4O7S. The number of rotatable bonds is 7. The quantitative estimate of drug-likeness (QED) is 0.159. The highest BCUT2D eigenvalue weighted by Crippen LogP contribution is 2.44. The average molecular weight is 760 g/mol. The Labute approximate surface area is 301 Å². The zero-order chi connectivity index (χ0) is 35.7. The largest absolute Gasteiger partial charge is 0.493 e. The number of esters is 1. The molecule has 5 aromatic rings. The third-order valence-electron chi connectivity index (χ3n) is 7.96. The Balaban J connectivity index is 1.46. The van der Waals surface area contributed by atoms with Gasteiger partial charge in [-0.05, 0) is 103 Å². The minimum atomic E-state index is -0.768. The standard InChI is InChI=1S/C37H35BrN4O7S/c1-6-14-39-34(44)27-8-7-21(31(40-27)35(45)47-5)23-19-29-25(32-20(12-16-48-29)13-17-50-32)18-24(23)33(43)41-26-9-10-28-22(30(26)38)11-15-42(28)36(46)49-37(2,3)4/h7-11,13,15,17-19H,6,12,14,16H2,1-5H3,(H,39,44)(H,41,43). The average Bonchev–Trinajstić information content (AvgIpc) is 3.71. The molecule has 1 aliphatic rings. The van der Waals surface area contributed by atoms with Crippen molar-refractivity contribution in [3.63, 3.8) is 0 Å². The fourth-order valence-corrected chi connectivity index (χ4v) is 7.19. The second kappa shape index (κ2) is 14.1. The van der Waals surface area contributed by atoms with Gasteiger partial charge in [0.1, 0.15) is 17.0 Å². The van der Waals surface area contributed by atoms with Crippen LogP contribution in [0.15, 0.2) is 64.6 Å². The number of methoxy groups -OCH3 is 1. The molecule has 6 rings (SSSR count). The number of carbonyl (C=O) groups is 4. The van der Waals surface area contributed by atoms with E-state index in [-0.39, 0.29) is 17.0 Å². The third kappa shape index (κ3) is 6.88. The summed E-state index contributed by atoms with van der Waals surface area (Å²) in [7, 11) is 1.23. The van der Waals surface area contributed by atoms with Crippen molar-refractivity contribution in [2.75, 3.05) is 25.6 Å². The Hall–Kier alpha value is -5.01. The highest BCUT2D eigenvalue weighted by atomic mass is 79.9. The monoisotopic (exact) mass is 758 g/mol. The second-order valence-electron chi connectivity index (χ2n) is 12.6. The summed E-state index contributed by atoms with van der Waals surface area (Å²) in [5.74, 6) is -1.13. The van der Waals surface area contributed by atoms with E-state index in [0.29, 0.717) is 57.5 Å². The number of hydrogen-bond donors (Lipinski definition) is 2. The molecule has 0 fully saturated rings. The van der Waals surface area contributed by atoms with Gasteiger partial charge in [-0.1, -0.05) is 6.92 Å². The van der Waals surface area contributed by atoms with Gasteiger partial charge in [0.2, 0.25) is 0 Å². The van der Waals surface area contributed by atoms with Crippen LogP contribution in [0.4, 0.5) is 10.5 Å². The molecule has 0 saturated heterocycles. The number of pyridine rings is 1. The van der Waals surface area contributed by atoms with Crippen molar-refractivity contribution in [2.45, 2.75) is 46.1 Å². The van der Waals surface area contributed by atoms with E-state index in [1.54, 1.807) is 74.7 Å². The second-order valence-corrected chi connectivity index (χ2v) is 14.3. The van der Waals surface area contributed by atoms with E-state index in [4.69, 9.17) is 14.2 Å². The van der Waals surface area contributed by atoms with E-state index in [0.717, 1.165) is 22.4 Å². The first kappa shape index (κ1) is 34.8. The van der Waals surface area contributed by atoms with E-state index in [2.05, 4.69) is 31.5 Å². The molecule has 3 aromatic heterocycles. The van der Waals surface area contributed by atoms with Gasteiger partial charge in [0.05, 0.1) is 29.4 Å². The van der Waals surface area contributed by atoms with Crippen LogP contribution >= 0.6 is 27.3 Å². The predicted octanol–water partition coefficient (Wildman–Crippen LogP) is 8.09. The Kier molecular flexibility index (Phi) is 9.81. The number of fused-ring (bicyclic) bond motifs is 4. The maximum absolute atomic E-state index is 14.4. The van der Waals surface area contributed by atoms with Crippen molar-refractivity contribution in [1.29, 1.82) is 0 Å². The molecule has 50 heavy (non-hydrogen) atoms. The fraction of sp³-hybridized carbons (Fsp3) is 0.270. The van der Waals surface area contributed by atoms with Gasteiger partial charge in [0, 0.05) is 51.7 Å². The summed E-state index contributed by atoms with van der Waals surface area (Å²) < 4.78 is 18.8. The number of aromatic nitrogens is 2. The lowest BCUT2D eigenvalue weighted by Gasteiger charge is -2.20. The smallest absolute Gasteiger partial charge is 0.418 e. The molecular weight excluding hydrogens is 724 g/mol. The molecule has 2 amide bonds. The number of thiophene rings is 1. The molecule has 11 nitrogen and oxygen atoms in total. The number of amides is 2. The fourth-order valence-electron chi connectivity index (χ4n) is 5.65. The summed E-state index contributed by atoms with van der Waals surface area (Å²) in [6.45, 7) is 8.19. The molecule has 13 heteroatoms. The molecule has 4 heterocycles. The van der Waals surface area contributed by atoms with Crippen LogP contribution in [0.5, 0.6) is 5.75 Å². The number of halogens is 1. The Morgan fingerprint density at radius 2 is 1.82 bits per heavy atom. The first-order chi connectivity index (χ1) is 23.9. The molecule has 1 aliphatic heterocycles. The molecule has 0 atom stereocenters. The normalized spacial score (nSPS) is 12.3. The van der Waals surface area contributed by atoms with Crippen LogP contribution in [0.1, 0.15) is 71.0 Å². The molecule has 0 unspecified atom stereocenters. The SMILES string of the molecule is CCCNC(=O)c1ccc(-c2cc3c(cc2C(=O)Nc2ccc4c(ccn4C(=O)OC(C)(C)C)c2Br)-c2sccc2CCO3)c(C(=O)OC)n1. The van der Waals surface area contributed by atoms with E-state index in [1.165, 1.54) is 17.7 Å². The van der Waals surface area contributed by atoms with Gasteiger partial charge in [-0.15, -0.1) is 11.3 Å². The van der Waals surface area contributed by atoms with Crippen LogP contribution in [0.3, 0.4) is 0 Å². The highest BCUT2D eigenvalue weighted by Gasteiger charge is 2.28. The Morgan fingerprint density at radius 3 is 2.56 bits per heavy atom. The van der Waals surface area contributed by atoms with Gasteiger partial charge < -0.3 is 24.8 Å². The maximum atomic E-state index is 14.4. The van der Waals surface area contributed by atoms with Gasteiger partial charge in [-0.2, -0.15) is 0 Å². The van der Waals surface area contributed by atoms with Crippen molar-refractivity contribution in [1.82, 2.24) is 14.9 Å². The van der Waals surface area contributed by atoms with Gasteiger partial charge in [-0.25, -0.2) is 14.6 Å². The minimum absolute atomic E-state index is 0.0402. The summed E-state index contributed by atoms with van der Waals surface area (Å²) in [5, 5.41) is 8.47. The van der Waals surface area contributed by atoms with Crippen LogP contribution in [0, 0.1) is 0 Å². The lowest BCUT2D eigenvalue weighted by molar-refractivity contribution is 0.0542. The van der Waals surface area contributed by atoms with Crippen LogP contribution in [-0.4, -0.2) is 59.3 Å². The molecule has 2 N–H and O–H groups in total. The first-order valence-corrected chi connectivity index (χ1v) is 17.7. The molecule has 0 saturated carbocycles. The predicted molar refractivity (Wildman–Crippen MR) is 195 cm³/mol. The Bertz CT molecular complexity index is 2160. The van der Waals surface area contributed by atoms with Gasteiger partial charge >= 0.3 is 12.1 Å². The van der Waals surface area contributed by atoms with Crippen molar-refractivity contribution in [3.8, 4) is 27.3 Å². The lowest BCUT2D eigenvalue weighted by Crippen LogP contribution is -2.26. The summed E-state index contributed by atoms with van der Waals surface area (Å²) in [4.78, 5) is 58.6. The summed E-state index contributed by atoms with van der Waals surface area (Å²) >= 11 is 5.18. The summed E-state index contributed by atoms with van der Waals surface area (Å²) in [6.07, 6.45) is 2.51. The van der Waals surface area contributed by atoms with Crippen LogP contribution in [0.25, 0.3) is 32.5 Å². The number of nitrogens with one attached hydrogen (secondary N) is 2. The summed E-state index contributed by atoms with van der Waals surface area (Å²) in [6, 6.07) is 13.8. The molecule has 0 spiro atoms. The molecule has 0 radical (unpaired) electrons. The number of ether oxygens (including phenoxy) is 3. The number of benzene rings is 2. The van der Waals surface area contributed by atoms with E-state index < -0.39 is 29.5 Å². The zero-order valence-corrected chi connectivity index (χ0v) is 30.5. The third-order valence-corrected chi connectivity index (χ3v) is 9.81. The number of carbonyl (C=O) groups excluding carboxylic acids is 4. The van der Waals surface area contributed by atoms with Gasteiger partial charge in [0.25, 0.3) is 11.8 Å². The van der Waals surface area contributed by atoms with Crippen LogP contribution in [0.2, 0.25) is 0 Å². The number of hydrogen-bond acceptors (Lipinski definition) is 9. The van der Waals surface area contributed by atoms with E-state index >= 15 is 0 Å². The molecule has 258 valence electrons. The minimum Gasteiger partial charge on any atom is -0.493 e. The van der Waals surface area contributed by atoms with Gasteiger partial charge in [-0.3, -0.25) is 14.2 Å². The highest BCUT2D eigenvalue weighted by molar-refractivity contribution is 9.10. The van der Waals surface area contributed by atoms with E-state index in [9.17, 15) is 19.2 Å². The maximum Gasteiger partial charge on any atom is 0.418 e. The van der Waals surface area contributed by atoms with Gasteiger partial charge in [0.15, 0.2) is 5.69 Å². The molecule has 0 aliphatic carbocycles. The van der Waals surface area contributed by atoms with Crippen LogP contribution < -0.4 is 15.4 Å². The van der Waals surface area contributed by atoms with Crippen molar-refractivity contribution < 1.29 is 33.4 Å². The van der Waals surface area contributed by atoms with Crippen LogP contribution in [-0.2, 0) is 15.9 Å². The molecule has 2 aromatic carbocycles. The first-order valence-electron chi connectivity index (χ1n) is 16.0.